The van der Waals surface area contributed by atoms with Crippen LogP contribution in [0.15, 0.2) is 12.1 Å². The number of aromatic nitrogens is 1. The number of hydrogen-bond donors (Lipinski definition) is 0. The van der Waals surface area contributed by atoms with E-state index in [1.807, 2.05) is 34.6 Å². The van der Waals surface area contributed by atoms with Gasteiger partial charge in [-0.15, -0.1) is 0 Å². The van der Waals surface area contributed by atoms with E-state index in [1.54, 1.807) is 0 Å². The summed E-state index contributed by atoms with van der Waals surface area (Å²) >= 11 is 0. The molecule has 134 valence electrons. The zero-order chi connectivity index (χ0) is 17.7. The number of ether oxygens (including phenoxy) is 1. The Morgan fingerprint density at radius 2 is 1.71 bits per heavy atom. The summed E-state index contributed by atoms with van der Waals surface area (Å²) in [6.45, 7) is 14.9. The maximum atomic E-state index is 11.7. The Morgan fingerprint density at radius 1 is 1.12 bits per heavy atom. The molecule has 0 aliphatic carbocycles. The van der Waals surface area contributed by atoms with Crippen molar-refractivity contribution >= 4 is 11.7 Å². The standard InChI is InChI=1S/C19H31N3O2/c1-15-13-17(14-16(2)20-15)22-11-9-21(10-12-22)8-6-7-18(23)24-19(3,4)5/h13-14H,6-12H2,1-5H3. The number of carbonyl (C=O) groups is 1. The van der Waals surface area contributed by atoms with Crippen LogP contribution in [0.25, 0.3) is 0 Å². The van der Waals surface area contributed by atoms with Crippen LogP contribution in [-0.2, 0) is 9.53 Å². The molecule has 0 spiro atoms. The lowest BCUT2D eigenvalue weighted by atomic mass is 10.2. The lowest BCUT2D eigenvalue weighted by molar-refractivity contribution is -0.155. The van der Waals surface area contributed by atoms with Crippen LogP contribution in [0.1, 0.15) is 45.0 Å². The second-order valence-corrected chi connectivity index (χ2v) is 7.63. The molecule has 1 aliphatic rings. The Bertz CT molecular complexity index is 538. The fourth-order valence-electron chi connectivity index (χ4n) is 3.06. The zero-order valence-electron chi connectivity index (χ0n) is 15.8. The van der Waals surface area contributed by atoms with Crippen molar-refractivity contribution in [3.05, 3.63) is 23.5 Å². The molecule has 5 nitrogen and oxygen atoms in total. The van der Waals surface area contributed by atoms with Gasteiger partial charge < -0.3 is 9.64 Å². The fourth-order valence-corrected chi connectivity index (χ4v) is 3.06. The second kappa shape index (κ2) is 7.97. The van der Waals surface area contributed by atoms with E-state index in [-0.39, 0.29) is 11.6 Å². The molecule has 1 fully saturated rings. The van der Waals surface area contributed by atoms with Gasteiger partial charge >= 0.3 is 5.97 Å². The van der Waals surface area contributed by atoms with Crippen molar-refractivity contribution in [1.82, 2.24) is 9.88 Å². The quantitative estimate of drug-likeness (QED) is 0.775. The van der Waals surface area contributed by atoms with Crippen LogP contribution in [0.4, 0.5) is 5.69 Å². The van der Waals surface area contributed by atoms with Gasteiger partial charge in [0.1, 0.15) is 5.60 Å². The molecule has 0 saturated carbocycles. The Labute approximate surface area is 146 Å². The highest BCUT2D eigenvalue weighted by Crippen LogP contribution is 2.18. The number of hydrogen-bond acceptors (Lipinski definition) is 5. The first-order valence-electron chi connectivity index (χ1n) is 8.87. The SMILES string of the molecule is Cc1cc(N2CCN(CCCC(=O)OC(C)(C)C)CC2)cc(C)n1. The van der Waals surface area contributed by atoms with Crippen molar-refractivity contribution in [2.75, 3.05) is 37.6 Å². The summed E-state index contributed by atoms with van der Waals surface area (Å²) in [7, 11) is 0. The highest BCUT2D eigenvalue weighted by Gasteiger charge is 2.19. The van der Waals surface area contributed by atoms with Crippen molar-refractivity contribution < 1.29 is 9.53 Å². The van der Waals surface area contributed by atoms with Gasteiger partial charge in [0.25, 0.3) is 0 Å². The van der Waals surface area contributed by atoms with E-state index < -0.39 is 0 Å². The molecule has 2 rings (SSSR count). The molecule has 24 heavy (non-hydrogen) atoms. The van der Waals surface area contributed by atoms with Gasteiger partial charge in [0.2, 0.25) is 0 Å². The summed E-state index contributed by atoms with van der Waals surface area (Å²) in [4.78, 5) is 21.0. The maximum absolute atomic E-state index is 11.7. The van der Waals surface area contributed by atoms with E-state index in [4.69, 9.17) is 4.74 Å². The van der Waals surface area contributed by atoms with Crippen molar-refractivity contribution in [3.8, 4) is 0 Å². The molecular formula is C19H31N3O2. The zero-order valence-corrected chi connectivity index (χ0v) is 15.8. The third-order valence-electron chi connectivity index (χ3n) is 4.08. The van der Waals surface area contributed by atoms with Gasteiger partial charge in [-0.2, -0.15) is 0 Å². The minimum atomic E-state index is -0.385. The smallest absolute Gasteiger partial charge is 0.306 e. The third-order valence-corrected chi connectivity index (χ3v) is 4.08. The molecule has 0 unspecified atom stereocenters. The lowest BCUT2D eigenvalue weighted by Gasteiger charge is -2.36. The van der Waals surface area contributed by atoms with E-state index in [1.165, 1.54) is 5.69 Å². The van der Waals surface area contributed by atoms with Crippen molar-refractivity contribution in [2.45, 2.75) is 53.1 Å². The van der Waals surface area contributed by atoms with E-state index in [2.05, 4.69) is 26.9 Å². The number of nitrogens with zero attached hydrogens (tertiary/aromatic N) is 3. The number of carbonyl (C=O) groups excluding carboxylic acids is 1. The van der Waals surface area contributed by atoms with Gasteiger partial charge in [0.15, 0.2) is 0 Å². The van der Waals surface area contributed by atoms with Gasteiger partial charge in [0.05, 0.1) is 0 Å². The first kappa shape index (κ1) is 18.7. The van der Waals surface area contributed by atoms with E-state index >= 15 is 0 Å². The summed E-state index contributed by atoms with van der Waals surface area (Å²) < 4.78 is 5.35. The van der Waals surface area contributed by atoms with Crippen LogP contribution in [0.2, 0.25) is 0 Å². The summed E-state index contributed by atoms with van der Waals surface area (Å²) in [5, 5.41) is 0. The number of piperazine rings is 1. The molecule has 0 amide bonds. The summed E-state index contributed by atoms with van der Waals surface area (Å²) in [6, 6.07) is 4.32. The molecule has 1 saturated heterocycles. The summed E-state index contributed by atoms with van der Waals surface area (Å²) in [5.41, 5.74) is 3.03. The molecule has 0 aromatic carbocycles. The molecule has 5 heteroatoms. The van der Waals surface area contributed by atoms with E-state index in [9.17, 15) is 4.79 Å². The molecule has 0 radical (unpaired) electrons. The molecule has 1 aromatic rings. The lowest BCUT2D eigenvalue weighted by Crippen LogP contribution is -2.46. The maximum Gasteiger partial charge on any atom is 0.306 e. The van der Waals surface area contributed by atoms with Crippen LogP contribution in [0, 0.1) is 13.8 Å². The first-order valence-corrected chi connectivity index (χ1v) is 8.87. The Kier molecular flexibility index (Phi) is 6.21. The van der Waals surface area contributed by atoms with Crippen molar-refractivity contribution in [2.24, 2.45) is 0 Å². The molecular weight excluding hydrogens is 302 g/mol. The predicted molar refractivity (Wildman–Crippen MR) is 97.4 cm³/mol. The first-order chi connectivity index (χ1) is 11.2. The van der Waals surface area contributed by atoms with Crippen LogP contribution in [0.3, 0.4) is 0 Å². The number of anilines is 1. The van der Waals surface area contributed by atoms with Gasteiger partial charge in [-0.3, -0.25) is 14.7 Å². The van der Waals surface area contributed by atoms with Crippen LogP contribution < -0.4 is 4.90 Å². The minimum Gasteiger partial charge on any atom is -0.460 e. The highest BCUT2D eigenvalue weighted by atomic mass is 16.6. The molecule has 1 aromatic heterocycles. The Balaban J connectivity index is 1.72. The van der Waals surface area contributed by atoms with Gasteiger partial charge in [-0.1, -0.05) is 0 Å². The van der Waals surface area contributed by atoms with Gasteiger partial charge in [-0.25, -0.2) is 0 Å². The average molecular weight is 333 g/mol. The molecule has 0 bridgehead atoms. The molecule has 1 aliphatic heterocycles. The Morgan fingerprint density at radius 3 is 2.25 bits per heavy atom. The summed E-state index contributed by atoms with van der Waals surface area (Å²) in [6.07, 6.45) is 1.36. The monoisotopic (exact) mass is 333 g/mol. The normalized spacial score (nSPS) is 16.3. The predicted octanol–water partition coefficient (Wildman–Crippen LogP) is 2.94. The van der Waals surface area contributed by atoms with Gasteiger partial charge in [0, 0.05) is 49.7 Å². The number of esters is 1. The minimum absolute atomic E-state index is 0.0936. The largest absolute Gasteiger partial charge is 0.460 e. The number of rotatable bonds is 5. The average Bonchev–Trinajstić information content (AvgIpc) is 2.45. The van der Waals surface area contributed by atoms with Crippen LogP contribution in [0.5, 0.6) is 0 Å². The van der Waals surface area contributed by atoms with Crippen molar-refractivity contribution in [3.63, 3.8) is 0 Å². The fraction of sp³-hybridized carbons (Fsp3) is 0.684. The Hall–Kier alpha value is -1.62. The third kappa shape index (κ3) is 6.11. The van der Waals surface area contributed by atoms with E-state index in [0.29, 0.717) is 6.42 Å². The molecule has 2 heterocycles. The van der Waals surface area contributed by atoms with Crippen molar-refractivity contribution in [1.29, 1.82) is 0 Å². The number of pyridine rings is 1. The van der Waals surface area contributed by atoms with Crippen LogP contribution in [-0.4, -0.2) is 54.2 Å². The van der Waals surface area contributed by atoms with Crippen LogP contribution >= 0.6 is 0 Å². The topological polar surface area (TPSA) is 45.7 Å². The highest BCUT2D eigenvalue weighted by molar-refractivity contribution is 5.69. The molecule has 0 atom stereocenters. The van der Waals surface area contributed by atoms with E-state index in [0.717, 1.165) is 50.5 Å². The second-order valence-electron chi connectivity index (χ2n) is 7.63. The molecule has 0 N–H and O–H groups in total. The van der Waals surface area contributed by atoms with Gasteiger partial charge in [-0.05, 0) is 59.7 Å². The summed E-state index contributed by atoms with van der Waals surface area (Å²) in [5.74, 6) is -0.0936. The number of aryl methyl sites for hydroxylation is 2.